The number of nitrogens with zero attached hydrogens (tertiary/aromatic N) is 1. The summed E-state index contributed by atoms with van der Waals surface area (Å²) in [6, 6.07) is 3.07. The molecule has 0 amide bonds. The smallest absolute Gasteiger partial charge is 0.328 e. The summed E-state index contributed by atoms with van der Waals surface area (Å²) in [7, 11) is 1.24. The normalized spacial score (nSPS) is 12.4. The lowest BCUT2D eigenvalue weighted by atomic mass is 10.00. The first kappa shape index (κ1) is 19.6. The van der Waals surface area contributed by atoms with Crippen LogP contribution < -0.4 is 5.73 Å². The number of benzene rings is 1. The van der Waals surface area contributed by atoms with E-state index in [2.05, 4.69) is 4.74 Å². The predicted molar refractivity (Wildman–Crippen MR) is 86.2 cm³/mol. The van der Waals surface area contributed by atoms with Crippen molar-refractivity contribution in [2.75, 3.05) is 7.11 Å². The van der Waals surface area contributed by atoms with Gasteiger partial charge < -0.3 is 15.2 Å². The SMILES string of the molecule is COC(=O)CCc1cc(C(N)C(=O)OC(C)(C)C)ccc1[N+](=O)[O-]. The quantitative estimate of drug-likeness (QED) is 0.478. The first-order valence-electron chi connectivity index (χ1n) is 7.37. The molecule has 0 aliphatic rings. The van der Waals surface area contributed by atoms with Crippen LogP contribution >= 0.6 is 0 Å². The Bertz CT molecular complexity index is 636. The van der Waals surface area contributed by atoms with Crippen LogP contribution in [0, 0.1) is 10.1 Å². The molecule has 0 aliphatic carbocycles. The summed E-state index contributed by atoms with van der Waals surface area (Å²) in [6.45, 7) is 5.15. The van der Waals surface area contributed by atoms with Gasteiger partial charge in [0.15, 0.2) is 0 Å². The largest absolute Gasteiger partial charge is 0.469 e. The molecule has 0 saturated heterocycles. The molecule has 0 radical (unpaired) electrons. The Labute approximate surface area is 140 Å². The minimum Gasteiger partial charge on any atom is -0.469 e. The molecule has 1 unspecified atom stereocenters. The zero-order valence-electron chi connectivity index (χ0n) is 14.2. The average Bonchev–Trinajstić information content (AvgIpc) is 2.49. The monoisotopic (exact) mass is 338 g/mol. The van der Waals surface area contributed by atoms with E-state index in [4.69, 9.17) is 10.5 Å². The highest BCUT2D eigenvalue weighted by atomic mass is 16.6. The van der Waals surface area contributed by atoms with Crippen LogP contribution in [0.2, 0.25) is 0 Å². The highest BCUT2D eigenvalue weighted by Gasteiger charge is 2.25. The van der Waals surface area contributed by atoms with Gasteiger partial charge in [0.25, 0.3) is 5.69 Å². The van der Waals surface area contributed by atoms with Crippen LogP contribution in [0.4, 0.5) is 5.69 Å². The molecule has 132 valence electrons. The molecule has 8 heteroatoms. The van der Waals surface area contributed by atoms with Crippen molar-refractivity contribution in [1.29, 1.82) is 0 Å². The summed E-state index contributed by atoms with van der Waals surface area (Å²) < 4.78 is 9.75. The Morgan fingerprint density at radius 2 is 1.96 bits per heavy atom. The van der Waals surface area contributed by atoms with Gasteiger partial charge in [0.05, 0.1) is 12.0 Å². The van der Waals surface area contributed by atoms with Crippen molar-refractivity contribution in [3.05, 3.63) is 39.4 Å². The van der Waals surface area contributed by atoms with Crippen LogP contribution in [0.15, 0.2) is 18.2 Å². The Morgan fingerprint density at radius 3 is 2.46 bits per heavy atom. The molecule has 0 aromatic heterocycles. The number of carbonyl (C=O) groups excluding carboxylic acids is 2. The number of esters is 2. The molecular weight excluding hydrogens is 316 g/mol. The summed E-state index contributed by atoms with van der Waals surface area (Å²) in [5.41, 5.74) is 5.75. The minimum absolute atomic E-state index is 0.0114. The fourth-order valence-electron chi connectivity index (χ4n) is 2.02. The number of ether oxygens (including phenoxy) is 2. The van der Waals surface area contributed by atoms with Gasteiger partial charge in [-0.3, -0.25) is 14.9 Å². The highest BCUT2D eigenvalue weighted by molar-refractivity contribution is 5.78. The van der Waals surface area contributed by atoms with Crippen molar-refractivity contribution in [3.63, 3.8) is 0 Å². The van der Waals surface area contributed by atoms with Gasteiger partial charge in [-0.2, -0.15) is 0 Å². The zero-order valence-corrected chi connectivity index (χ0v) is 14.2. The van der Waals surface area contributed by atoms with Crippen LogP contribution in [0.5, 0.6) is 0 Å². The lowest BCUT2D eigenvalue weighted by molar-refractivity contribution is -0.385. The molecule has 0 heterocycles. The van der Waals surface area contributed by atoms with Gasteiger partial charge >= 0.3 is 11.9 Å². The molecule has 0 fully saturated rings. The van der Waals surface area contributed by atoms with Crippen molar-refractivity contribution in [3.8, 4) is 0 Å². The molecule has 1 rings (SSSR count). The Kier molecular flexibility index (Phi) is 6.42. The van der Waals surface area contributed by atoms with Gasteiger partial charge in [-0.1, -0.05) is 6.07 Å². The Balaban J connectivity index is 3.06. The molecule has 2 N–H and O–H groups in total. The van der Waals surface area contributed by atoms with Crippen LogP contribution in [-0.4, -0.2) is 29.6 Å². The van der Waals surface area contributed by atoms with Gasteiger partial charge in [0.2, 0.25) is 0 Å². The summed E-state index contributed by atoms with van der Waals surface area (Å²) in [5, 5.41) is 11.1. The van der Waals surface area contributed by atoms with Crippen molar-refractivity contribution in [1.82, 2.24) is 0 Å². The first-order chi connectivity index (χ1) is 11.0. The number of hydrogen-bond donors (Lipinski definition) is 1. The number of rotatable bonds is 6. The Morgan fingerprint density at radius 1 is 1.33 bits per heavy atom. The molecule has 0 spiro atoms. The fraction of sp³-hybridized carbons (Fsp3) is 0.500. The lowest BCUT2D eigenvalue weighted by Gasteiger charge is -2.22. The highest BCUT2D eigenvalue weighted by Crippen LogP contribution is 2.25. The van der Waals surface area contributed by atoms with Crippen LogP contribution in [-0.2, 0) is 25.5 Å². The van der Waals surface area contributed by atoms with E-state index in [1.54, 1.807) is 20.8 Å². The van der Waals surface area contributed by atoms with Crippen LogP contribution in [0.25, 0.3) is 0 Å². The van der Waals surface area contributed by atoms with Gasteiger partial charge in [-0.25, -0.2) is 4.79 Å². The molecule has 1 atom stereocenters. The standard InChI is InChI=1S/C16H22N2O6/c1-16(2,3)24-15(20)14(17)11-5-7-12(18(21)22)10(9-11)6-8-13(19)23-4/h5,7,9,14H,6,8,17H2,1-4H3. The van der Waals surface area contributed by atoms with E-state index in [0.717, 1.165) is 0 Å². The number of nitro benzene ring substituents is 1. The zero-order chi connectivity index (χ0) is 18.5. The maximum absolute atomic E-state index is 12.0. The van der Waals surface area contributed by atoms with Crippen LogP contribution in [0.1, 0.15) is 44.4 Å². The second-order valence-corrected chi connectivity index (χ2v) is 6.23. The maximum Gasteiger partial charge on any atom is 0.328 e. The summed E-state index contributed by atoms with van der Waals surface area (Å²) in [4.78, 5) is 33.9. The van der Waals surface area contributed by atoms with E-state index in [1.807, 2.05) is 0 Å². The number of nitro groups is 1. The summed E-state index contributed by atoms with van der Waals surface area (Å²) >= 11 is 0. The van der Waals surface area contributed by atoms with E-state index < -0.39 is 28.5 Å². The predicted octanol–water partition coefficient (Wildman–Crippen LogP) is 2.04. The van der Waals surface area contributed by atoms with E-state index in [0.29, 0.717) is 11.1 Å². The number of carbonyl (C=O) groups is 2. The molecule has 8 nitrogen and oxygen atoms in total. The molecular formula is C16H22N2O6. The van der Waals surface area contributed by atoms with E-state index in [-0.39, 0.29) is 18.5 Å². The first-order valence-corrected chi connectivity index (χ1v) is 7.37. The van der Waals surface area contributed by atoms with E-state index in [1.165, 1.54) is 25.3 Å². The molecule has 0 saturated carbocycles. The van der Waals surface area contributed by atoms with Crippen molar-refractivity contribution >= 4 is 17.6 Å². The van der Waals surface area contributed by atoms with Crippen molar-refractivity contribution in [2.45, 2.75) is 45.3 Å². The topological polar surface area (TPSA) is 122 Å². The van der Waals surface area contributed by atoms with Gasteiger partial charge in [-0.15, -0.1) is 0 Å². The Hall–Kier alpha value is -2.48. The van der Waals surface area contributed by atoms with Gasteiger partial charge in [0.1, 0.15) is 11.6 Å². The summed E-state index contributed by atoms with van der Waals surface area (Å²) in [5.74, 6) is -1.11. The number of nitrogens with two attached hydrogens (primary N) is 1. The second-order valence-electron chi connectivity index (χ2n) is 6.23. The van der Waals surface area contributed by atoms with E-state index in [9.17, 15) is 19.7 Å². The third-order valence-corrected chi connectivity index (χ3v) is 3.15. The maximum atomic E-state index is 12.0. The van der Waals surface area contributed by atoms with Gasteiger partial charge in [0, 0.05) is 18.1 Å². The number of aryl methyl sites for hydroxylation is 1. The molecule has 24 heavy (non-hydrogen) atoms. The minimum atomic E-state index is -1.07. The fourth-order valence-corrected chi connectivity index (χ4v) is 2.02. The third-order valence-electron chi connectivity index (χ3n) is 3.15. The molecule has 1 aromatic rings. The molecule has 0 aliphatic heterocycles. The lowest BCUT2D eigenvalue weighted by Crippen LogP contribution is -2.31. The second kappa shape index (κ2) is 7.87. The third kappa shape index (κ3) is 5.62. The number of methoxy groups -OCH3 is 1. The number of hydrogen-bond acceptors (Lipinski definition) is 7. The van der Waals surface area contributed by atoms with Crippen molar-refractivity contribution < 1.29 is 24.0 Å². The average molecular weight is 338 g/mol. The van der Waals surface area contributed by atoms with Crippen LogP contribution in [0.3, 0.4) is 0 Å². The summed E-state index contributed by atoms with van der Waals surface area (Å²) in [6.07, 6.45) is 0.0976. The van der Waals surface area contributed by atoms with E-state index >= 15 is 0 Å². The molecule has 1 aromatic carbocycles. The molecule has 0 bridgehead atoms. The van der Waals surface area contributed by atoms with Crippen molar-refractivity contribution in [2.24, 2.45) is 5.73 Å². The van der Waals surface area contributed by atoms with Gasteiger partial charge in [-0.05, 0) is 38.8 Å².